The standard InChI is InChI=1S/C12H13BrN2O2/c1-15-6-10(13)8-4-2-3-7(11(8)15)9(5-14)12(16)17/h2-4,6,9H,5,14H2,1H3,(H,16,17). The molecule has 90 valence electrons. The van der Waals surface area contributed by atoms with Crippen LogP contribution < -0.4 is 5.73 Å². The smallest absolute Gasteiger partial charge is 0.312 e. The summed E-state index contributed by atoms with van der Waals surface area (Å²) in [6.07, 6.45) is 1.92. The summed E-state index contributed by atoms with van der Waals surface area (Å²) in [5, 5.41) is 10.2. The van der Waals surface area contributed by atoms with Crippen molar-refractivity contribution in [2.24, 2.45) is 12.8 Å². The lowest BCUT2D eigenvalue weighted by atomic mass is 9.97. The molecule has 3 N–H and O–H groups in total. The van der Waals surface area contributed by atoms with Crippen LogP contribution in [-0.4, -0.2) is 22.2 Å². The fraction of sp³-hybridized carbons (Fsp3) is 0.250. The quantitative estimate of drug-likeness (QED) is 0.911. The first kappa shape index (κ1) is 12.1. The maximum Gasteiger partial charge on any atom is 0.312 e. The lowest BCUT2D eigenvalue weighted by Gasteiger charge is -2.12. The van der Waals surface area contributed by atoms with E-state index in [9.17, 15) is 9.90 Å². The van der Waals surface area contributed by atoms with Gasteiger partial charge in [0.05, 0.1) is 11.4 Å². The lowest BCUT2D eigenvalue weighted by Crippen LogP contribution is -2.21. The third-order valence-electron chi connectivity index (χ3n) is 2.89. The molecule has 0 spiro atoms. The number of rotatable bonds is 3. The highest BCUT2D eigenvalue weighted by molar-refractivity contribution is 9.10. The topological polar surface area (TPSA) is 68.2 Å². The van der Waals surface area contributed by atoms with E-state index >= 15 is 0 Å². The van der Waals surface area contributed by atoms with Gasteiger partial charge in [-0.2, -0.15) is 0 Å². The number of carboxylic acids is 1. The molecular weight excluding hydrogens is 284 g/mol. The monoisotopic (exact) mass is 296 g/mol. The van der Waals surface area contributed by atoms with Crippen molar-refractivity contribution in [2.45, 2.75) is 5.92 Å². The van der Waals surface area contributed by atoms with Crippen LogP contribution in [0.25, 0.3) is 10.9 Å². The molecule has 0 aliphatic carbocycles. The zero-order valence-corrected chi connectivity index (χ0v) is 10.9. The first-order valence-corrected chi connectivity index (χ1v) is 6.02. The Balaban J connectivity index is 2.73. The normalized spacial score (nSPS) is 12.9. The van der Waals surface area contributed by atoms with E-state index in [1.165, 1.54) is 0 Å². The maximum atomic E-state index is 11.2. The molecule has 1 atom stereocenters. The predicted octanol–water partition coefficient (Wildman–Crippen LogP) is 2.07. The van der Waals surface area contributed by atoms with Crippen LogP contribution in [0.4, 0.5) is 0 Å². The molecule has 0 amide bonds. The number of carbonyl (C=O) groups is 1. The molecule has 0 bridgehead atoms. The SMILES string of the molecule is Cn1cc(Br)c2cccc(C(CN)C(=O)O)c21. The number of benzene rings is 1. The van der Waals surface area contributed by atoms with E-state index < -0.39 is 11.9 Å². The van der Waals surface area contributed by atoms with Gasteiger partial charge in [0.15, 0.2) is 0 Å². The molecule has 17 heavy (non-hydrogen) atoms. The minimum atomic E-state index is -0.891. The molecule has 0 saturated carbocycles. The molecule has 1 unspecified atom stereocenters. The number of para-hydroxylation sites is 1. The van der Waals surface area contributed by atoms with Gasteiger partial charge in [-0.25, -0.2) is 0 Å². The number of fused-ring (bicyclic) bond motifs is 1. The van der Waals surface area contributed by atoms with Crippen LogP contribution in [0.1, 0.15) is 11.5 Å². The van der Waals surface area contributed by atoms with E-state index in [4.69, 9.17) is 5.73 Å². The van der Waals surface area contributed by atoms with Gasteiger partial charge in [0.1, 0.15) is 0 Å². The van der Waals surface area contributed by atoms with Gasteiger partial charge in [0, 0.05) is 29.6 Å². The van der Waals surface area contributed by atoms with Crippen molar-refractivity contribution in [3.63, 3.8) is 0 Å². The van der Waals surface area contributed by atoms with Crippen LogP contribution in [0, 0.1) is 0 Å². The molecule has 1 aromatic heterocycles. The average Bonchev–Trinajstić information content (AvgIpc) is 2.56. The van der Waals surface area contributed by atoms with E-state index in [0.29, 0.717) is 0 Å². The fourth-order valence-electron chi connectivity index (χ4n) is 2.09. The molecule has 2 rings (SSSR count). The molecular formula is C12H13BrN2O2. The number of nitrogens with zero attached hydrogens (tertiary/aromatic N) is 1. The van der Waals surface area contributed by atoms with Gasteiger partial charge in [0.25, 0.3) is 0 Å². The highest BCUT2D eigenvalue weighted by Gasteiger charge is 2.22. The van der Waals surface area contributed by atoms with E-state index in [2.05, 4.69) is 15.9 Å². The van der Waals surface area contributed by atoms with Crippen molar-refractivity contribution in [2.75, 3.05) is 6.54 Å². The zero-order chi connectivity index (χ0) is 12.6. The van der Waals surface area contributed by atoms with E-state index in [-0.39, 0.29) is 6.54 Å². The van der Waals surface area contributed by atoms with E-state index in [1.54, 1.807) is 0 Å². The van der Waals surface area contributed by atoms with E-state index in [0.717, 1.165) is 20.9 Å². The number of halogens is 1. The van der Waals surface area contributed by atoms with E-state index in [1.807, 2.05) is 36.0 Å². The van der Waals surface area contributed by atoms with Crippen molar-refractivity contribution in [1.82, 2.24) is 4.57 Å². The number of nitrogens with two attached hydrogens (primary N) is 1. The number of aryl methyl sites for hydroxylation is 1. The van der Waals surface area contributed by atoms with Crippen LogP contribution in [0.3, 0.4) is 0 Å². The summed E-state index contributed by atoms with van der Waals surface area (Å²) in [6, 6.07) is 5.63. The van der Waals surface area contributed by atoms with Crippen molar-refractivity contribution in [1.29, 1.82) is 0 Å². The summed E-state index contributed by atoms with van der Waals surface area (Å²) in [5.74, 6) is -1.56. The third-order valence-corrected chi connectivity index (χ3v) is 3.53. The van der Waals surface area contributed by atoms with Gasteiger partial charge < -0.3 is 15.4 Å². The molecule has 0 aliphatic heterocycles. The number of aliphatic carboxylic acids is 1. The average molecular weight is 297 g/mol. The van der Waals surface area contributed by atoms with Crippen molar-refractivity contribution < 1.29 is 9.90 Å². The highest BCUT2D eigenvalue weighted by atomic mass is 79.9. The summed E-state index contributed by atoms with van der Waals surface area (Å²) in [5.41, 5.74) is 7.22. The summed E-state index contributed by atoms with van der Waals surface area (Å²) in [7, 11) is 1.89. The Hall–Kier alpha value is -1.33. The number of carboxylic acid groups (broad SMARTS) is 1. The fourth-order valence-corrected chi connectivity index (χ4v) is 2.72. The van der Waals surface area contributed by atoms with Crippen molar-refractivity contribution in [3.05, 3.63) is 34.4 Å². The lowest BCUT2D eigenvalue weighted by molar-refractivity contribution is -0.138. The molecule has 0 fully saturated rings. The van der Waals surface area contributed by atoms with Crippen LogP contribution >= 0.6 is 15.9 Å². The minimum Gasteiger partial charge on any atom is -0.481 e. The minimum absolute atomic E-state index is 0.0945. The van der Waals surface area contributed by atoms with Crippen LogP contribution in [0.2, 0.25) is 0 Å². The number of hydrogen-bond donors (Lipinski definition) is 2. The van der Waals surface area contributed by atoms with Gasteiger partial charge in [0.2, 0.25) is 0 Å². The third kappa shape index (κ3) is 1.96. The first-order chi connectivity index (χ1) is 8.06. The number of hydrogen-bond acceptors (Lipinski definition) is 2. The molecule has 0 radical (unpaired) electrons. The van der Waals surface area contributed by atoms with Crippen molar-refractivity contribution >= 4 is 32.8 Å². The second kappa shape index (κ2) is 4.50. The first-order valence-electron chi connectivity index (χ1n) is 5.22. The van der Waals surface area contributed by atoms with Gasteiger partial charge in [-0.1, -0.05) is 18.2 Å². The second-order valence-electron chi connectivity index (χ2n) is 3.96. The second-order valence-corrected chi connectivity index (χ2v) is 4.81. The molecule has 4 nitrogen and oxygen atoms in total. The molecule has 0 saturated heterocycles. The van der Waals surface area contributed by atoms with Gasteiger partial charge in [-0.3, -0.25) is 4.79 Å². The van der Waals surface area contributed by atoms with Gasteiger partial charge in [-0.05, 0) is 21.5 Å². The molecule has 0 aliphatic rings. The Labute approximate surface area is 107 Å². The Bertz CT molecular complexity index is 577. The largest absolute Gasteiger partial charge is 0.481 e. The highest BCUT2D eigenvalue weighted by Crippen LogP contribution is 2.31. The Kier molecular flexibility index (Phi) is 3.22. The Morgan fingerprint density at radius 1 is 1.59 bits per heavy atom. The Morgan fingerprint density at radius 3 is 2.88 bits per heavy atom. The van der Waals surface area contributed by atoms with Gasteiger partial charge >= 0.3 is 5.97 Å². The van der Waals surface area contributed by atoms with Crippen LogP contribution in [-0.2, 0) is 11.8 Å². The summed E-state index contributed by atoms with van der Waals surface area (Å²) >= 11 is 3.46. The molecule has 1 heterocycles. The summed E-state index contributed by atoms with van der Waals surface area (Å²) < 4.78 is 2.87. The number of aromatic nitrogens is 1. The predicted molar refractivity (Wildman–Crippen MR) is 70.1 cm³/mol. The maximum absolute atomic E-state index is 11.2. The van der Waals surface area contributed by atoms with Gasteiger partial charge in [-0.15, -0.1) is 0 Å². The molecule has 2 aromatic rings. The Morgan fingerprint density at radius 2 is 2.29 bits per heavy atom. The summed E-state index contributed by atoms with van der Waals surface area (Å²) in [4.78, 5) is 11.2. The van der Waals surface area contributed by atoms with Crippen LogP contribution in [0.15, 0.2) is 28.9 Å². The molecule has 1 aromatic carbocycles. The summed E-state index contributed by atoms with van der Waals surface area (Å²) in [6.45, 7) is 0.0945. The molecule has 5 heteroatoms. The van der Waals surface area contributed by atoms with Crippen LogP contribution in [0.5, 0.6) is 0 Å². The zero-order valence-electron chi connectivity index (χ0n) is 9.35. The van der Waals surface area contributed by atoms with Crippen molar-refractivity contribution in [3.8, 4) is 0 Å².